The molecule has 0 spiro atoms. The summed E-state index contributed by atoms with van der Waals surface area (Å²) < 4.78 is 0. The van der Waals surface area contributed by atoms with Gasteiger partial charge in [0.15, 0.2) is 6.20 Å². The molecule has 2 nitrogen and oxygen atoms in total. The summed E-state index contributed by atoms with van der Waals surface area (Å²) in [5.41, 5.74) is 3.67. The van der Waals surface area contributed by atoms with E-state index in [0.29, 0.717) is 0 Å². The van der Waals surface area contributed by atoms with Gasteiger partial charge in [-0.3, -0.25) is 0 Å². The monoisotopic (exact) mass is 159 g/mol. The van der Waals surface area contributed by atoms with Crippen molar-refractivity contribution in [2.75, 3.05) is 0 Å². The van der Waals surface area contributed by atoms with Gasteiger partial charge in [-0.25, -0.2) is 0 Å². The molecule has 0 amide bonds. The molecule has 12 heavy (non-hydrogen) atoms. The summed E-state index contributed by atoms with van der Waals surface area (Å²) in [7, 11) is 0. The van der Waals surface area contributed by atoms with Crippen LogP contribution >= 0.6 is 0 Å². The lowest BCUT2D eigenvalue weighted by Crippen LogP contribution is -1.98. The van der Waals surface area contributed by atoms with Crippen LogP contribution in [0.1, 0.15) is 5.56 Å². The van der Waals surface area contributed by atoms with Crippen molar-refractivity contribution in [3.05, 3.63) is 42.1 Å². The number of H-pyrrole nitrogens is 2. The lowest BCUT2D eigenvalue weighted by atomic mass is 10.1. The van der Waals surface area contributed by atoms with E-state index in [0.717, 1.165) is 5.69 Å². The fraction of sp³-hybridized carbons (Fsp3) is 0.100. The standard InChI is InChI=1S/C10H10N2/c1-8-4-2-3-5-9(8)10-6-7-11-12-10/h2-7H,1H3,(H,11,12)/p+1. The fourth-order valence-electron chi connectivity index (χ4n) is 1.32. The van der Waals surface area contributed by atoms with E-state index < -0.39 is 0 Å². The summed E-state index contributed by atoms with van der Waals surface area (Å²) in [5, 5.41) is 6.00. The van der Waals surface area contributed by atoms with E-state index in [4.69, 9.17) is 0 Å². The highest BCUT2D eigenvalue weighted by Crippen LogP contribution is 2.18. The minimum atomic E-state index is 1.13. The highest BCUT2D eigenvalue weighted by atomic mass is 15.1. The van der Waals surface area contributed by atoms with Gasteiger partial charge in [0.2, 0.25) is 0 Å². The Morgan fingerprint density at radius 2 is 2.00 bits per heavy atom. The second kappa shape index (κ2) is 2.81. The van der Waals surface area contributed by atoms with E-state index in [9.17, 15) is 0 Å². The number of hydrogen-bond acceptors (Lipinski definition) is 0. The lowest BCUT2D eigenvalue weighted by molar-refractivity contribution is -0.448. The number of nitrogens with one attached hydrogen (secondary N) is 2. The molecule has 1 aromatic heterocycles. The van der Waals surface area contributed by atoms with Crippen LogP contribution < -0.4 is 5.10 Å². The zero-order chi connectivity index (χ0) is 8.39. The van der Waals surface area contributed by atoms with Crippen molar-refractivity contribution in [2.45, 2.75) is 6.92 Å². The zero-order valence-electron chi connectivity index (χ0n) is 6.96. The first kappa shape index (κ1) is 7.10. The molecule has 1 aromatic carbocycles. The van der Waals surface area contributed by atoms with Crippen molar-refractivity contribution >= 4 is 0 Å². The fourth-order valence-corrected chi connectivity index (χ4v) is 1.32. The molecule has 2 N–H and O–H groups in total. The third-order valence-electron chi connectivity index (χ3n) is 1.98. The normalized spacial score (nSPS) is 10.1. The third-order valence-corrected chi connectivity index (χ3v) is 1.98. The average molecular weight is 159 g/mol. The molecular weight excluding hydrogens is 148 g/mol. The Kier molecular flexibility index (Phi) is 1.67. The van der Waals surface area contributed by atoms with E-state index in [2.05, 4.69) is 29.3 Å². The van der Waals surface area contributed by atoms with Crippen molar-refractivity contribution in [2.24, 2.45) is 0 Å². The molecule has 0 radical (unpaired) electrons. The summed E-state index contributed by atoms with van der Waals surface area (Å²) >= 11 is 0. The molecule has 0 bridgehead atoms. The maximum atomic E-state index is 3.07. The highest BCUT2D eigenvalue weighted by molar-refractivity contribution is 5.62. The molecule has 2 aromatic rings. The van der Waals surface area contributed by atoms with Gasteiger partial charge in [-0.15, -0.1) is 5.10 Å². The van der Waals surface area contributed by atoms with Gasteiger partial charge in [-0.05, 0) is 12.5 Å². The molecule has 0 saturated heterocycles. The molecule has 60 valence electrons. The van der Waals surface area contributed by atoms with E-state index in [1.54, 1.807) is 0 Å². The number of aromatic nitrogens is 2. The number of rotatable bonds is 1. The van der Waals surface area contributed by atoms with Crippen LogP contribution in [-0.2, 0) is 0 Å². The molecule has 0 unspecified atom stereocenters. The molecule has 0 aliphatic rings. The van der Waals surface area contributed by atoms with E-state index in [1.807, 2.05) is 24.4 Å². The predicted octanol–water partition coefficient (Wildman–Crippen LogP) is 1.80. The van der Waals surface area contributed by atoms with Gasteiger partial charge in [-0.2, -0.15) is 5.10 Å². The molecule has 0 atom stereocenters. The van der Waals surface area contributed by atoms with Crippen molar-refractivity contribution in [1.82, 2.24) is 5.10 Å². The van der Waals surface area contributed by atoms with Crippen molar-refractivity contribution in [3.8, 4) is 11.3 Å². The minimum Gasteiger partial charge on any atom is -0.167 e. The quantitative estimate of drug-likeness (QED) is 0.657. The van der Waals surface area contributed by atoms with E-state index >= 15 is 0 Å². The van der Waals surface area contributed by atoms with Crippen LogP contribution in [0.3, 0.4) is 0 Å². The number of aryl methyl sites for hydroxylation is 1. The van der Waals surface area contributed by atoms with Crippen LogP contribution in [-0.4, -0.2) is 5.10 Å². The largest absolute Gasteiger partial charge is 0.193 e. The predicted molar refractivity (Wildman–Crippen MR) is 47.5 cm³/mol. The molecule has 2 heteroatoms. The van der Waals surface area contributed by atoms with E-state index in [-0.39, 0.29) is 0 Å². The number of hydrogen-bond donors (Lipinski definition) is 1. The summed E-state index contributed by atoms with van der Waals surface area (Å²) in [5.74, 6) is 0. The number of benzene rings is 1. The van der Waals surface area contributed by atoms with Gasteiger partial charge in [0, 0.05) is 11.6 Å². The van der Waals surface area contributed by atoms with Gasteiger partial charge in [0.25, 0.3) is 0 Å². The summed E-state index contributed by atoms with van der Waals surface area (Å²) in [6.45, 7) is 2.11. The number of aromatic amines is 2. The van der Waals surface area contributed by atoms with Gasteiger partial charge in [0.1, 0.15) is 5.69 Å². The Balaban J connectivity index is 2.55. The van der Waals surface area contributed by atoms with Crippen LogP contribution in [0.25, 0.3) is 11.3 Å². The first-order valence-corrected chi connectivity index (χ1v) is 3.99. The van der Waals surface area contributed by atoms with Gasteiger partial charge < -0.3 is 0 Å². The molecule has 0 aliphatic carbocycles. The van der Waals surface area contributed by atoms with Gasteiger partial charge >= 0.3 is 0 Å². The minimum absolute atomic E-state index is 1.13. The first-order valence-electron chi connectivity index (χ1n) is 3.99. The molecule has 1 heterocycles. The maximum Gasteiger partial charge on any atom is 0.193 e. The second-order valence-electron chi connectivity index (χ2n) is 2.83. The third kappa shape index (κ3) is 1.11. The molecule has 0 aliphatic heterocycles. The summed E-state index contributed by atoms with van der Waals surface area (Å²) in [4.78, 5) is 0. The molecule has 0 fully saturated rings. The van der Waals surface area contributed by atoms with E-state index in [1.165, 1.54) is 11.1 Å². The van der Waals surface area contributed by atoms with Crippen LogP contribution in [0.4, 0.5) is 0 Å². The Labute approximate surface area is 71.3 Å². The molecule has 0 saturated carbocycles. The molecule has 2 rings (SSSR count). The molecular formula is C10H11N2+. The first-order chi connectivity index (χ1) is 5.88. The van der Waals surface area contributed by atoms with Crippen LogP contribution in [0.2, 0.25) is 0 Å². The topological polar surface area (TPSA) is 29.9 Å². The lowest BCUT2D eigenvalue weighted by Gasteiger charge is -1.98. The summed E-state index contributed by atoms with van der Waals surface area (Å²) in [6.07, 6.45) is 1.89. The van der Waals surface area contributed by atoms with Crippen LogP contribution in [0.15, 0.2) is 36.5 Å². The van der Waals surface area contributed by atoms with Gasteiger partial charge in [-0.1, -0.05) is 24.3 Å². The van der Waals surface area contributed by atoms with Crippen LogP contribution in [0, 0.1) is 6.92 Å². The second-order valence-corrected chi connectivity index (χ2v) is 2.83. The Morgan fingerprint density at radius 1 is 1.17 bits per heavy atom. The SMILES string of the molecule is Cc1ccccc1-c1cc[nH+][nH]1. The smallest absolute Gasteiger partial charge is 0.167 e. The van der Waals surface area contributed by atoms with Crippen molar-refractivity contribution < 1.29 is 5.10 Å². The summed E-state index contributed by atoms with van der Waals surface area (Å²) in [6, 6.07) is 10.3. The zero-order valence-corrected chi connectivity index (χ0v) is 6.96. The van der Waals surface area contributed by atoms with Crippen LogP contribution in [0.5, 0.6) is 0 Å². The average Bonchev–Trinajstić information content (AvgIpc) is 2.57. The van der Waals surface area contributed by atoms with Gasteiger partial charge in [0.05, 0.1) is 0 Å². The maximum absolute atomic E-state index is 3.07. The van der Waals surface area contributed by atoms with Crippen molar-refractivity contribution in [3.63, 3.8) is 0 Å². The Bertz CT molecular complexity index is 363. The highest BCUT2D eigenvalue weighted by Gasteiger charge is 2.02. The Morgan fingerprint density at radius 3 is 2.67 bits per heavy atom. The van der Waals surface area contributed by atoms with Crippen molar-refractivity contribution in [1.29, 1.82) is 0 Å². The Hall–Kier alpha value is -1.57.